The predicted octanol–water partition coefficient (Wildman–Crippen LogP) is 2.03. The molecule has 1 amide bonds. The van der Waals surface area contributed by atoms with Crippen LogP contribution < -0.4 is 15.8 Å². The first-order chi connectivity index (χ1) is 6.63. The molecule has 4 nitrogen and oxygen atoms in total. The summed E-state index contributed by atoms with van der Waals surface area (Å²) in [7, 11) is 0. The molecule has 1 rings (SSSR count). The van der Waals surface area contributed by atoms with E-state index in [9.17, 15) is 4.79 Å². The van der Waals surface area contributed by atoms with Crippen LogP contribution in [-0.2, 0) is 0 Å². The molecule has 3 N–H and O–H groups in total. The predicted molar refractivity (Wildman–Crippen MR) is 55.6 cm³/mol. The molecule has 0 saturated heterocycles. The number of hydrogen-bond acceptors (Lipinski definition) is 3. The molecular weight excluding hydrogens is 204 g/mol. The van der Waals surface area contributed by atoms with Gasteiger partial charge in [0.2, 0.25) is 0 Å². The lowest BCUT2D eigenvalue weighted by Crippen LogP contribution is -2.26. The number of halogens is 1. The summed E-state index contributed by atoms with van der Waals surface area (Å²) in [6.45, 7) is 2.32. The van der Waals surface area contributed by atoms with Crippen molar-refractivity contribution in [3.8, 4) is 5.75 Å². The monoisotopic (exact) mass is 214 g/mol. The van der Waals surface area contributed by atoms with Crippen molar-refractivity contribution in [1.29, 1.82) is 0 Å². The van der Waals surface area contributed by atoms with E-state index in [1.807, 2.05) is 0 Å². The third-order valence-electron chi connectivity index (χ3n) is 1.50. The smallest absolute Gasteiger partial charge is 0.410 e. The van der Waals surface area contributed by atoms with Crippen LogP contribution in [-0.4, -0.2) is 12.6 Å². The summed E-state index contributed by atoms with van der Waals surface area (Å²) in [6, 6.07) is 4.65. The number of nitrogen functional groups attached to an aromatic ring is 1. The van der Waals surface area contributed by atoms with Crippen molar-refractivity contribution in [3.63, 3.8) is 0 Å². The molecule has 5 heteroatoms. The highest BCUT2D eigenvalue weighted by atomic mass is 35.5. The molecule has 0 heterocycles. The van der Waals surface area contributed by atoms with Gasteiger partial charge in [-0.15, -0.1) is 0 Å². The number of nitrogens with one attached hydrogen (secondary N) is 1. The summed E-state index contributed by atoms with van der Waals surface area (Å²) >= 11 is 5.70. The van der Waals surface area contributed by atoms with Gasteiger partial charge in [0, 0.05) is 12.6 Å². The molecule has 0 aliphatic heterocycles. The summed E-state index contributed by atoms with van der Waals surface area (Å²) in [5.41, 5.74) is 5.91. The van der Waals surface area contributed by atoms with Gasteiger partial charge < -0.3 is 15.8 Å². The first kappa shape index (κ1) is 10.7. The van der Waals surface area contributed by atoms with E-state index in [2.05, 4.69) is 5.32 Å². The van der Waals surface area contributed by atoms with E-state index in [4.69, 9.17) is 22.1 Å². The van der Waals surface area contributed by atoms with Gasteiger partial charge in [-0.1, -0.05) is 11.6 Å². The Morgan fingerprint density at radius 1 is 1.64 bits per heavy atom. The second-order valence-electron chi connectivity index (χ2n) is 2.60. The zero-order chi connectivity index (χ0) is 10.6. The molecule has 0 bridgehead atoms. The van der Waals surface area contributed by atoms with Crippen molar-refractivity contribution < 1.29 is 9.53 Å². The third kappa shape index (κ3) is 2.81. The highest BCUT2D eigenvalue weighted by Gasteiger charge is 2.04. The first-order valence-electron chi connectivity index (χ1n) is 4.14. The van der Waals surface area contributed by atoms with E-state index in [0.29, 0.717) is 23.0 Å². The molecule has 0 spiro atoms. The summed E-state index contributed by atoms with van der Waals surface area (Å²) in [6.07, 6.45) is -0.505. The minimum atomic E-state index is -0.505. The lowest BCUT2D eigenvalue weighted by atomic mass is 10.3. The Bertz CT molecular complexity index is 342. The summed E-state index contributed by atoms with van der Waals surface area (Å²) < 4.78 is 4.90. The number of rotatable bonds is 2. The largest absolute Gasteiger partial charge is 0.412 e. The zero-order valence-corrected chi connectivity index (χ0v) is 8.47. The van der Waals surface area contributed by atoms with Crippen molar-refractivity contribution >= 4 is 23.4 Å². The first-order valence-corrected chi connectivity index (χ1v) is 4.52. The second kappa shape index (κ2) is 4.72. The van der Waals surface area contributed by atoms with Crippen molar-refractivity contribution in [3.05, 3.63) is 23.2 Å². The molecule has 14 heavy (non-hydrogen) atoms. The number of carbonyl (C=O) groups is 1. The Morgan fingerprint density at radius 3 is 2.93 bits per heavy atom. The van der Waals surface area contributed by atoms with Crippen LogP contribution in [0.2, 0.25) is 5.02 Å². The average molecular weight is 215 g/mol. The van der Waals surface area contributed by atoms with Crippen LogP contribution in [0.5, 0.6) is 5.75 Å². The molecule has 0 atom stereocenters. The number of amides is 1. The Balaban J connectivity index is 2.68. The van der Waals surface area contributed by atoms with Crippen LogP contribution in [0.4, 0.5) is 10.5 Å². The molecule has 1 aromatic carbocycles. The van der Waals surface area contributed by atoms with E-state index in [-0.39, 0.29) is 0 Å². The van der Waals surface area contributed by atoms with Gasteiger partial charge >= 0.3 is 6.09 Å². The Hall–Kier alpha value is -1.42. The van der Waals surface area contributed by atoms with Crippen molar-refractivity contribution in [2.75, 3.05) is 12.3 Å². The second-order valence-corrected chi connectivity index (χ2v) is 3.01. The zero-order valence-electron chi connectivity index (χ0n) is 7.71. The quantitative estimate of drug-likeness (QED) is 0.741. The van der Waals surface area contributed by atoms with Gasteiger partial charge in [-0.25, -0.2) is 4.79 Å². The SMILES string of the molecule is CCNC(=O)Oc1ccc(Cl)c(N)c1. The maximum atomic E-state index is 11.0. The van der Waals surface area contributed by atoms with Crippen LogP contribution in [0.3, 0.4) is 0 Å². The van der Waals surface area contributed by atoms with E-state index in [1.54, 1.807) is 19.1 Å². The molecule has 0 fully saturated rings. The summed E-state index contributed by atoms with van der Waals surface area (Å²) in [5.74, 6) is 0.373. The average Bonchev–Trinajstić information content (AvgIpc) is 2.12. The number of ether oxygens (including phenoxy) is 1. The molecule has 0 aliphatic carbocycles. The van der Waals surface area contributed by atoms with Crippen LogP contribution in [0, 0.1) is 0 Å². The van der Waals surface area contributed by atoms with Gasteiger partial charge in [0.25, 0.3) is 0 Å². The van der Waals surface area contributed by atoms with Crippen molar-refractivity contribution in [2.24, 2.45) is 0 Å². The van der Waals surface area contributed by atoms with E-state index >= 15 is 0 Å². The van der Waals surface area contributed by atoms with Gasteiger partial charge in [-0.2, -0.15) is 0 Å². The molecule has 0 unspecified atom stereocenters. The van der Waals surface area contributed by atoms with Crippen LogP contribution in [0.25, 0.3) is 0 Å². The molecule has 0 aromatic heterocycles. The normalized spacial score (nSPS) is 9.57. The number of carbonyl (C=O) groups excluding carboxylic acids is 1. The van der Waals surface area contributed by atoms with E-state index in [0.717, 1.165) is 0 Å². The molecule has 76 valence electrons. The number of benzene rings is 1. The maximum Gasteiger partial charge on any atom is 0.412 e. The Kier molecular flexibility index (Phi) is 3.59. The lowest BCUT2D eigenvalue weighted by Gasteiger charge is -2.05. The Morgan fingerprint density at radius 2 is 2.36 bits per heavy atom. The standard InChI is InChI=1S/C9H11ClN2O2/c1-2-12-9(13)14-6-3-4-7(10)8(11)5-6/h3-5H,2,11H2,1H3,(H,12,13). The van der Waals surface area contributed by atoms with Crippen LogP contribution in [0.15, 0.2) is 18.2 Å². The van der Waals surface area contributed by atoms with Crippen molar-refractivity contribution in [1.82, 2.24) is 5.32 Å². The van der Waals surface area contributed by atoms with Gasteiger partial charge in [-0.05, 0) is 19.1 Å². The molecule has 0 aliphatic rings. The fourth-order valence-electron chi connectivity index (χ4n) is 0.873. The highest BCUT2D eigenvalue weighted by Crippen LogP contribution is 2.23. The van der Waals surface area contributed by atoms with Crippen molar-refractivity contribution in [2.45, 2.75) is 6.92 Å². The molecule has 0 saturated carbocycles. The maximum absolute atomic E-state index is 11.0. The fourth-order valence-corrected chi connectivity index (χ4v) is 0.990. The summed E-state index contributed by atoms with van der Waals surface area (Å²) in [5, 5.41) is 2.93. The fraction of sp³-hybridized carbons (Fsp3) is 0.222. The minimum Gasteiger partial charge on any atom is -0.410 e. The summed E-state index contributed by atoms with van der Waals surface area (Å²) in [4.78, 5) is 11.0. The van der Waals surface area contributed by atoms with Gasteiger partial charge in [0.05, 0.1) is 10.7 Å². The Labute approximate surface area is 87.0 Å². The third-order valence-corrected chi connectivity index (χ3v) is 1.84. The van der Waals surface area contributed by atoms with Crippen LogP contribution >= 0.6 is 11.6 Å². The molecule has 0 radical (unpaired) electrons. The number of hydrogen-bond donors (Lipinski definition) is 2. The van der Waals surface area contributed by atoms with E-state index < -0.39 is 6.09 Å². The number of anilines is 1. The van der Waals surface area contributed by atoms with Gasteiger partial charge in [0.1, 0.15) is 5.75 Å². The van der Waals surface area contributed by atoms with E-state index in [1.165, 1.54) is 6.07 Å². The lowest BCUT2D eigenvalue weighted by molar-refractivity contribution is 0.201. The number of nitrogens with two attached hydrogens (primary N) is 1. The topological polar surface area (TPSA) is 64.3 Å². The minimum absolute atomic E-state index is 0.373. The molecular formula is C9H11ClN2O2. The van der Waals surface area contributed by atoms with Gasteiger partial charge in [0.15, 0.2) is 0 Å². The van der Waals surface area contributed by atoms with Crippen LogP contribution in [0.1, 0.15) is 6.92 Å². The molecule has 1 aromatic rings. The highest BCUT2D eigenvalue weighted by molar-refractivity contribution is 6.33. The van der Waals surface area contributed by atoms with Gasteiger partial charge in [-0.3, -0.25) is 0 Å².